The van der Waals surface area contributed by atoms with Crippen molar-refractivity contribution >= 4 is 17.0 Å². The molecule has 6 heteroatoms. The zero-order valence-electron chi connectivity index (χ0n) is 11.0. The van der Waals surface area contributed by atoms with Crippen molar-refractivity contribution < 1.29 is 9.90 Å². The summed E-state index contributed by atoms with van der Waals surface area (Å²) in [4.78, 5) is 15.1. The van der Waals surface area contributed by atoms with Gasteiger partial charge in [-0.25, -0.2) is 4.98 Å². The van der Waals surface area contributed by atoms with E-state index in [-0.39, 0.29) is 6.04 Å². The zero-order chi connectivity index (χ0) is 14.0. The van der Waals surface area contributed by atoms with Crippen LogP contribution in [-0.2, 0) is 11.8 Å². The Morgan fingerprint density at radius 2 is 2.32 bits per heavy atom. The topological polar surface area (TPSA) is 93.2 Å². The van der Waals surface area contributed by atoms with Gasteiger partial charge in [0, 0.05) is 13.1 Å². The van der Waals surface area contributed by atoms with Crippen molar-refractivity contribution in [2.24, 2.45) is 12.8 Å². The van der Waals surface area contributed by atoms with Crippen LogP contribution in [0.4, 0.5) is 0 Å². The SMILES string of the molecule is CNC(CC(N)C(=O)O)c1ccc2c(c1)ncn2C. The fraction of sp³-hybridized carbons (Fsp3) is 0.385. The van der Waals surface area contributed by atoms with Crippen LogP contribution in [0.15, 0.2) is 24.5 Å². The highest BCUT2D eigenvalue weighted by molar-refractivity contribution is 5.76. The first-order valence-corrected chi connectivity index (χ1v) is 6.09. The fourth-order valence-corrected chi connectivity index (χ4v) is 2.15. The number of aliphatic carboxylic acids is 1. The number of carbonyl (C=O) groups is 1. The maximum atomic E-state index is 10.8. The third-order valence-electron chi connectivity index (χ3n) is 3.31. The molecule has 0 bridgehead atoms. The number of hydrogen-bond donors (Lipinski definition) is 3. The maximum absolute atomic E-state index is 10.8. The van der Waals surface area contributed by atoms with Crippen molar-refractivity contribution in [1.29, 1.82) is 0 Å². The zero-order valence-corrected chi connectivity index (χ0v) is 11.0. The van der Waals surface area contributed by atoms with Crippen molar-refractivity contribution in [2.45, 2.75) is 18.5 Å². The van der Waals surface area contributed by atoms with Crippen molar-refractivity contribution in [3.63, 3.8) is 0 Å². The summed E-state index contributed by atoms with van der Waals surface area (Å²) in [6.07, 6.45) is 2.09. The summed E-state index contributed by atoms with van der Waals surface area (Å²) in [6, 6.07) is 4.94. The van der Waals surface area contributed by atoms with Gasteiger partial charge in [0.25, 0.3) is 0 Å². The van der Waals surface area contributed by atoms with Gasteiger partial charge in [0.1, 0.15) is 6.04 Å². The van der Waals surface area contributed by atoms with Gasteiger partial charge in [0.15, 0.2) is 0 Å². The number of aromatic nitrogens is 2. The van der Waals surface area contributed by atoms with E-state index in [4.69, 9.17) is 10.8 Å². The molecule has 2 unspecified atom stereocenters. The van der Waals surface area contributed by atoms with E-state index in [0.29, 0.717) is 6.42 Å². The molecule has 0 radical (unpaired) electrons. The van der Waals surface area contributed by atoms with E-state index >= 15 is 0 Å². The number of hydrogen-bond acceptors (Lipinski definition) is 4. The van der Waals surface area contributed by atoms with Crippen molar-refractivity contribution in [3.05, 3.63) is 30.1 Å². The lowest BCUT2D eigenvalue weighted by atomic mass is 9.99. The van der Waals surface area contributed by atoms with Crippen LogP contribution < -0.4 is 11.1 Å². The van der Waals surface area contributed by atoms with Crippen molar-refractivity contribution in [3.8, 4) is 0 Å². The van der Waals surface area contributed by atoms with E-state index in [9.17, 15) is 4.79 Å². The minimum absolute atomic E-state index is 0.0995. The molecule has 0 fully saturated rings. The Kier molecular flexibility index (Phi) is 3.82. The second-order valence-electron chi connectivity index (χ2n) is 4.63. The number of nitrogens with two attached hydrogens (primary N) is 1. The van der Waals surface area contributed by atoms with Gasteiger partial charge in [0.2, 0.25) is 0 Å². The highest BCUT2D eigenvalue weighted by Crippen LogP contribution is 2.22. The molecule has 4 N–H and O–H groups in total. The molecule has 0 amide bonds. The Balaban J connectivity index is 2.27. The van der Waals surface area contributed by atoms with E-state index in [1.165, 1.54) is 0 Å². The average Bonchev–Trinajstić information content (AvgIpc) is 2.76. The van der Waals surface area contributed by atoms with Gasteiger partial charge in [-0.3, -0.25) is 4.79 Å². The largest absolute Gasteiger partial charge is 0.480 e. The van der Waals surface area contributed by atoms with Crippen molar-refractivity contribution in [2.75, 3.05) is 7.05 Å². The molecule has 0 spiro atoms. The first-order chi connectivity index (χ1) is 9.02. The molecule has 2 atom stereocenters. The van der Waals surface area contributed by atoms with E-state index < -0.39 is 12.0 Å². The predicted molar refractivity (Wildman–Crippen MR) is 72.7 cm³/mol. The fourth-order valence-electron chi connectivity index (χ4n) is 2.15. The number of fused-ring (bicyclic) bond motifs is 1. The monoisotopic (exact) mass is 262 g/mol. The minimum atomic E-state index is -0.987. The summed E-state index contributed by atoms with van der Waals surface area (Å²) in [5.74, 6) is -0.987. The molecule has 0 saturated heterocycles. The molecular formula is C13H18N4O2. The lowest BCUT2D eigenvalue weighted by Crippen LogP contribution is -2.34. The van der Waals surface area contributed by atoms with Gasteiger partial charge in [-0.05, 0) is 31.2 Å². The molecule has 1 aromatic carbocycles. The third-order valence-corrected chi connectivity index (χ3v) is 3.31. The lowest BCUT2D eigenvalue weighted by molar-refractivity contribution is -0.138. The van der Waals surface area contributed by atoms with Gasteiger partial charge in [-0.2, -0.15) is 0 Å². The summed E-state index contributed by atoms with van der Waals surface area (Å²) in [5.41, 5.74) is 8.51. The molecule has 102 valence electrons. The van der Waals surface area contributed by atoms with Crippen LogP contribution in [0.3, 0.4) is 0 Å². The average molecular weight is 262 g/mol. The number of carboxylic acid groups (broad SMARTS) is 1. The van der Waals surface area contributed by atoms with Crippen LogP contribution in [0.5, 0.6) is 0 Å². The van der Waals surface area contributed by atoms with Gasteiger partial charge < -0.3 is 20.7 Å². The van der Waals surface area contributed by atoms with Gasteiger partial charge >= 0.3 is 5.97 Å². The van der Waals surface area contributed by atoms with Crippen LogP contribution in [0.2, 0.25) is 0 Å². The van der Waals surface area contributed by atoms with E-state index in [2.05, 4.69) is 10.3 Å². The van der Waals surface area contributed by atoms with E-state index in [0.717, 1.165) is 16.6 Å². The van der Waals surface area contributed by atoms with E-state index in [1.54, 1.807) is 13.4 Å². The second kappa shape index (κ2) is 5.38. The summed E-state index contributed by atoms with van der Waals surface area (Å²) < 4.78 is 1.94. The molecule has 2 rings (SSSR count). The van der Waals surface area contributed by atoms with Crippen LogP contribution in [0.1, 0.15) is 18.0 Å². The summed E-state index contributed by atoms with van der Waals surface area (Å²) in [5, 5.41) is 12.0. The smallest absolute Gasteiger partial charge is 0.320 e. The summed E-state index contributed by atoms with van der Waals surface area (Å²) in [6.45, 7) is 0. The first-order valence-electron chi connectivity index (χ1n) is 6.09. The van der Waals surface area contributed by atoms with E-state index in [1.807, 2.05) is 29.8 Å². The molecule has 1 heterocycles. The predicted octanol–water partition coefficient (Wildman–Crippen LogP) is 0.636. The molecular weight excluding hydrogens is 244 g/mol. The Labute approximate surface area is 111 Å². The normalized spacial score (nSPS) is 14.5. The molecule has 6 nitrogen and oxygen atoms in total. The molecule has 0 saturated carbocycles. The Morgan fingerprint density at radius 1 is 1.58 bits per heavy atom. The highest BCUT2D eigenvalue weighted by atomic mass is 16.4. The highest BCUT2D eigenvalue weighted by Gasteiger charge is 2.19. The first kappa shape index (κ1) is 13.5. The van der Waals surface area contributed by atoms with Gasteiger partial charge in [-0.15, -0.1) is 0 Å². The summed E-state index contributed by atoms with van der Waals surface area (Å²) >= 11 is 0. The molecule has 1 aromatic heterocycles. The number of carboxylic acids is 1. The number of rotatable bonds is 5. The number of nitrogens with one attached hydrogen (secondary N) is 1. The summed E-state index contributed by atoms with van der Waals surface area (Å²) in [7, 11) is 3.73. The van der Waals surface area contributed by atoms with Gasteiger partial charge in [0.05, 0.1) is 17.4 Å². The maximum Gasteiger partial charge on any atom is 0.320 e. The number of benzene rings is 1. The number of nitrogens with zero attached hydrogens (tertiary/aromatic N) is 2. The molecule has 0 aliphatic heterocycles. The quantitative estimate of drug-likeness (QED) is 0.735. The standard InChI is InChI=1S/C13H18N4O2/c1-15-10(6-9(14)13(18)19)8-3-4-12-11(5-8)16-7-17(12)2/h3-5,7,9-10,15H,6,14H2,1-2H3,(H,18,19). The molecule has 2 aromatic rings. The lowest BCUT2D eigenvalue weighted by Gasteiger charge is -2.18. The third kappa shape index (κ3) is 2.74. The van der Waals surface area contributed by atoms with Crippen molar-refractivity contribution in [1.82, 2.24) is 14.9 Å². The molecule has 0 aliphatic rings. The Morgan fingerprint density at radius 3 is 2.95 bits per heavy atom. The minimum Gasteiger partial charge on any atom is -0.480 e. The molecule has 0 aliphatic carbocycles. The van der Waals surface area contributed by atoms with Crippen LogP contribution in [-0.4, -0.2) is 33.7 Å². The van der Waals surface area contributed by atoms with Crippen LogP contribution in [0.25, 0.3) is 11.0 Å². The van der Waals surface area contributed by atoms with Gasteiger partial charge in [-0.1, -0.05) is 6.07 Å². The molecule has 19 heavy (non-hydrogen) atoms. The second-order valence-corrected chi connectivity index (χ2v) is 4.63. The number of imidazole rings is 1. The number of aryl methyl sites for hydroxylation is 1. The Hall–Kier alpha value is -1.92. The van der Waals surface area contributed by atoms with Crippen LogP contribution >= 0.6 is 0 Å². The van der Waals surface area contributed by atoms with Crippen LogP contribution in [0, 0.1) is 0 Å². The Bertz CT molecular complexity index is 593.